The standard InChI is InChI=1S/C12H10N2O4/c1-7(15)11(16)9-5-13-10-4-3-8(6-14(9)10)12(17)18-2/h3-6H,1-2H3. The van der Waals surface area contributed by atoms with Crippen LogP contribution in [0.15, 0.2) is 24.5 Å². The fraction of sp³-hybridized carbons (Fsp3) is 0.167. The summed E-state index contributed by atoms with van der Waals surface area (Å²) in [4.78, 5) is 38.1. The number of fused-ring (bicyclic) bond motifs is 1. The first-order valence-corrected chi connectivity index (χ1v) is 5.15. The number of imidazole rings is 1. The highest BCUT2D eigenvalue weighted by Crippen LogP contribution is 2.11. The number of carbonyl (C=O) groups is 3. The van der Waals surface area contributed by atoms with Gasteiger partial charge in [-0.3, -0.25) is 14.0 Å². The molecule has 0 unspecified atom stereocenters. The minimum atomic E-state index is -0.649. The number of methoxy groups -OCH3 is 1. The van der Waals surface area contributed by atoms with E-state index in [0.717, 1.165) is 0 Å². The van der Waals surface area contributed by atoms with E-state index in [2.05, 4.69) is 9.72 Å². The molecule has 6 heteroatoms. The molecular weight excluding hydrogens is 236 g/mol. The zero-order valence-corrected chi connectivity index (χ0v) is 9.84. The Bertz CT molecular complexity index is 657. The molecule has 92 valence electrons. The number of nitrogens with zero attached hydrogens (tertiary/aromatic N) is 2. The monoisotopic (exact) mass is 246 g/mol. The van der Waals surface area contributed by atoms with Gasteiger partial charge in [0.25, 0.3) is 0 Å². The number of Topliss-reactive ketones (excluding diaryl/α,β-unsaturated/α-hetero) is 2. The van der Waals surface area contributed by atoms with Crippen LogP contribution in [0.3, 0.4) is 0 Å². The number of aromatic nitrogens is 2. The zero-order valence-electron chi connectivity index (χ0n) is 9.84. The lowest BCUT2D eigenvalue weighted by atomic mass is 10.2. The second-order valence-electron chi connectivity index (χ2n) is 3.67. The van der Waals surface area contributed by atoms with Crippen molar-refractivity contribution in [2.24, 2.45) is 0 Å². The lowest BCUT2D eigenvalue weighted by molar-refractivity contribution is -0.113. The third-order valence-electron chi connectivity index (χ3n) is 2.48. The quantitative estimate of drug-likeness (QED) is 0.456. The van der Waals surface area contributed by atoms with E-state index in [1.807, 2.05) is 0 Å². The van der Waals surface area contributed by atoms with Gasteiger partial charge < -0.3 is 4.74 Å². The van der Waals surface area contributed by atoms with Gasteiger partial charge in [0.15, 0.2) is 0 Å². The number of rotatable bonds is 3. The maximum absolute atomic E-state index is 11.6. The molecule has 0 aliphatic heterocycles. The van der Waals surface area contributed by atoms with Crippen molar-refractivity contribution in [1.29, 1.82) is 0 Å². The summed E-state index contributed by atoms with van der Waals surface area (Å²) >= 11 is 0. The van der Waals surface area contributed by atoms with Crippen LogP contribution in [0.25, 0.3) is 5.65 Å². The average Bonchev–Trinajstić information content (AvgIpc) is 2.79. The minimum Gasteiger partial charge on any atom is -0.465 e. The van der Waals surface area contributed by atoms with Gasteiger partial charge in [0.2, 0.25) is 11.6 Å². The average molecular weight is 246 g/mol. The molecule has 0 aliphatic carbocycles. The molecule has 0 saturated heterocycles. The molecule has 0 saturated carbocycles. The molecule has 2 rings (SSSR count). The second kappa shape index (κ2) is 4.40. The number of ether oxygens (including phenoxy) is 1. The summed E-state index contributed by atoms with van der Waals surface area (Å²) in [6.07, 6.45) is 2.73. The Hall–Kier alpha value is -2.50. The Morgan fingerprint density at radius 1 is 1.28 bits per heavy atom. The molecule has 0 atom stereocenters. The van der Waals surface area contributed by atoms with Crippen LogP contribution in [0.5, 0.6) is 0 Å². The van der Waals surface area contributed by atoms with E-state index >= 15 is 0 Å². The number of hydrogen-bond donors (Lipinski definition) is 0. The summed E-state index contributed by atoms with van der Waals surface area (Å²) in [6.45, 7) is 1.19. The normalized spacial score (nSPS) is 10.3. The molecule has 0 bridgehead atoms. The van der Waals surface area contributed by atoms with Crippen molar-refractivity contribution in [3.05, 3.63) is 35.8 Å². The largest absolute Gasteiger partial charge is 0.465 e. The van der Waals surface area contributed by atoms with Gasteiger partial charge in [0.1, 0.15) is 11.3 Å². The number of esters is 1. The molecule has 0 spiro atoms. The molecule has 0 amide bonds. The molecule has 0 N–H and O–H groups in total. The summed E-state index contributed by atoms with van der Waals surface area (Å²) in [5.41, 5.74) is 0.885. The highest BCUT2D eigenvalue weighted by Gasteiger charge is 2.17. The summed E-state index contributed by atoms with van der Waals surface area (Å²) < 4.78 is 5.98. The second-order valence-corrected chi connectivity index (χ2v) is 3.67. The number of carbonyl (C=O) groups excluding carboxylic acids is 3. The summed E-state index contributed by atoms with van der Waals surface area (Å²) in [7, 11) is 1.27. The lowest BCUT2D eigenvalue weighted by Crippen LogP contribution is -2.13. The van der Waals surface area contributed by atoms with Crippen molar-refractivity contribution in [2.75, 3.05) is 7.11 Å². The van der Waals surface area contributed by atoms with Gasteiger partial charge >= 0.3 is 5.97 Å². The van der Waals surface area contributed by atoms with Gasteiger partial charge in [-0.05, 0) is 12.1 Å². The Morgan fingerprint density at radius 3 is 2.61 bits per heavy atom. The van der Waals surface area contributed by atoms with Gasteiger partial charge in [-0.25, -0.2) is 9.78 Å². The number of hydrogen-bond acceptors (Lipinski definition) is 5. The summed E-state index contributed by atoms with van der Waals surface area (Å²) in [5, 5.41) is 0. The predicted molar refractivity (Wildman–Crippen MR) is 61.5 cm³/mol. The number of pyridine rings is 1. The van der Waals surface area contributed by atoms with E-state index in [9.17, 15) is 14.4 Å². The van der Waals surface area contributed by atoms with Gasteiger partial charge in [0.05, 0.1) is 18.9 Å². The molecule has 0 aromatic carbocycles. The van der Waals surface area contributed by atoms with Crippen LogP contribution in [0.4, 0.5) is 0 Å². The van der Waals surface area contributed by atoms with Crippen molar-refractivity contribution in [3.63, 3.8) is 0 Å². The third kappa shape index (κ3) is 1.88. The molecule has 0 aliphatic rings. The van der Waals surface area contributed by atoms with Crippen molar-refractivity contribution in [1.82, 2.24) is 9.38 Å². The van der Waals surface area contributed by atoms with E-state index in [-0.39, 0.29) is 11.3 Å². The maximum Gasteiger partial charge on any atom is 0.339 e. The first-order valence-electron chi connectivity index (χ1n) is 5.15. The molecule has 6 nitrogen and oxygen atoms in total. The molecule has 2 aromatic heterocycles. The Balaban J connectivity index is 2.60. The van der Waals surface area contributed by atoms with Crippen molar-refractivity contribution >= 4 is 23.2 Å². The fourth-order valence-corrected chi connectivity index (χ4v) is 1.57. The molecule has 0 radical (unpaired) electrons. The van der Waals surface area contributed by atoms with E-state index in [1.54, 1.807) is 6.07 Å². The van der Waals surface area contributed by atoms with Gasteiger partial charge in [0, 0.05) is 13.1 Å². The van der Waals surface area contributed by atoms with Crippen LogP contribution < -0.4 is 0 Å². The SMILES string of the molecule is COC(=O)c1ccc2ncc(C(=O)C(C)=O)n2c1. The Kier molecular flexibility index (Phi) is 2.93. The smallest absolute Gasteiger partial charge is 0.339 e. The number of ketones is 2. The molecule has 0 fully saturated rings. The molecule has 2 aromatic rings. The Morgan fingerprint density at radius 2 is 2.00 bits per heavy atom. The summed E-state index contributed by atoms with van der Waals surface area (Å²) in [6, 6.07) is 3.11. The Labute approximate surface area is 102 Å². The maximum atomic E-state index is 11.6. The van der Waals surface area contributed by atoms with Crippen LogP contribution in [-0.2, 0) is 9.53 Å². The van der Waals surface area contributed by atoms with E-state index < -0.39 is 17.5 Å². The highest BCUT2D eigenvalue weighted by molar-refractivity contribution is 6.42. The van der Waals surface area contributed by atoms with Crippen LogP contribution in [0.2, 0.25) is 0 Å². The van der Waals surface area contributed by atoms with Gasteiger partial charge in [-0.1, -0.05) is 0 Å². The zero-order chi connectivity index (χ0) is 13.3. The van der Waals surface area contributed by atoms with Gasteiger partial charge in [-0.15, -0.1) is 0 Å². The van der Waals surface area contributed by atoms with Crippen molar-refractivity contribution < 1.29 is 19.1 Å². The van der Waals surface area contributed by atoms with Crippen LogP contribution >= 0.6 is 0 Å². The van der Waals surface area contributed by atoms with E-state index in [0.29, 0.717) is 5.65 Å². The predicted octanol–water partition coefficient (Wildman–Crippen LogP) is 0.893. The van der Waals surface area contributed by atoms with Crippen LogP contribution in [-0.4, -0.2) is 34.0 Å². The van der Waals surface area contributed by atoms with Crippen LogP contribution in [0, 0.1) is 0 Å². The van der Waals surface area contributed by atoms with E-state index in [1.165, 1.54) is 36.9 Å². The first kappa shape index (κ1) is 12.0. The molecule has 18 heavy (non-hydrogen) atoms. The fourth-order valence-electron chi connectivity index (χ4n) is 1.57. The van der Waals surface area contributed by atoms with Crippen molar-refractivity contribution in [3.8, 4) is 0 Å². The third-order valence-corrected chi connectivity index (χ3v) is 2.48. The van der Waals surface area contributed by atoms with Crippen LogP contribution in [0.1, 0.15) is 27.8 Å². The van der Waals surface area contributed by atoms with Crippen molar-refractivity contribution in [2.45, 2.75) is 6.92 Å². The minimum absolute atomic E-state index is 0.128. The topological polar surface area (TPSA) is 77.7 Å². The summed E-state index contributed by atoms with van der Waals surface area (Å²) in [5.74, 6) is -1.75. The van der Waals surface area contributed by atoms with Gasteiger partial charge in [-0.2, -0.15) is 0 Å². The highest BCUT2D eigenvalue weighted by atomic mass is 16.5. The first-order chi connectivity index (χ1) is 8.54. The molecule has 2 heterocycles. The lowest BCUT2D eigenvalue weighted by Gasteiger charge is -2.02. The van der Waals surface area contributed by atoms with E-state index in [4.69, 9.17) is 0 Å². The molecular formula is C12H10N2O4.